The number of nitrogens with one attached hydrogen (secondary N) is 2. The van der Waals surface area contributed by atoms with Gasteiger partial charge in [0.05, 0.1) is 5.92 Å². The first-order chi connectivity index (χ1) is 17.3. The molecule has 1 aliphatic heterocycles. The minimum Gasteiger partial charge on any atom is -0.484 e. The first kappa shape index (κ1) is 25.4. The van der Waals surface area contributed by atoms with Crippen molar-refractivity contribution in [2.24, 2.45) is 5.92 Å². The summed E-state index contributed by atoms with van der Waals surface area (Å²) in [5, 5.41) is 5.76. The van der Waals surface area contributed by atoms with Gasteiger partial charge in [0.1, 0.15) is 5.75 Å². The van der Waals surface area contributed by atoms with E-state index in [0.717, 1.165) is 21.2 Å². The topological polar surface area (TPSA) is 87.7 Å². The second-order valence-electron chi connectivity index (χ2n) is 8.84. The Morgan fingerprint density at radius 2 is 1.78 bits per heavy atom. The average Bonchev–Trinajstić information content (AvgIpc) is 3.26. The molecule has 1 saturated heterocycles. The van der Waals surface area contributed by atoms with E-state index in [0.29, 0.717) is 30.2 Å². The second kappa shape index (κ2) is 11.4. The van der Waals surface area contributed by atoms with Gasteiger partial charge in [0.2, 0.25) is 11.8 Å². The first-order valence-corrected chi connectivity index (χ1v) is 12.5. The van der Waals surface area contributed by atoms with Crippen molar-refractivity contribution in [3.05, 3.63) is 87.9 Å². The van der Waals surface area contributed by atoms with Crippen LogP contribution >= 0.6 is 15.9 Å². The largest absolute Gasteiger partial charge is 0.484 e. The summed E-state index contributed by atoms with van der Waals surface area (Å²) in [6.45, 7) is 4.58. The predicted molar refractivity (Wildman–Crippen MR) is 143 cm³/mol. The maximum atomic E-state index is 12.7. The highest BCUT2D eigenvalue weighted by Crippen LogP contribution is 2.27. The van der Waals surface area contributed by atoms with Crippen LogP contribution in [0.15, 0.2) is 71.2 Å². The number of hydrogen-bond donors (Lipinski definition) is 2. The van der Waals surface area contributed by atoms with Gasteiger partial charge in [-0.05, 0) is 73.0 Å². The summed E-state index contributed by atoms with van der Waals surface area (Å²) >= 11 is 3.44. The van der Waals surface area contributed by atoms with Crippen molar-refractivity contribution in [1.29, 1.82) is 0 Å². The Bertz CT molecular complexity index is 1280. The molecule has 0 unspecified atom stereocenters. The fraction of sp³-hybridized carbons (Fsp3) is 0.250. The minimum absolute atomic E-state index is 0.0936. The van der Waals surface area contributed by atoms with Crippen LogP contribution in [0.4, 0.5) is 11.4 Å². The molecule has 36 heavy (non-hydrogen) atoms. The van der Waals surface area contributed by atoms with Crippen molar-refractivity contribution in [3.63, 3.8) is 0 Å². The van der Waals surface area contributed by atoms with Gasteiger partial charge >= 0.3 is 0 Å². The van der Waals surface area contributed by atoms with E-state index in [4.69, 9.17) is 4.74 Å². The molecule has 2 N–H and O–H groups in total. The van der Waals surface area contributed by atoms with Crippen LogP contribution in [0, 0.1) is 19.8 Å². The summed E-state index contributed by atoms with van der Waals surface area (Å²) in [7, 11) is 0. The van der Waals surface area contributed by atoms with E-state index in [9.17, 15) is 14.4 Å². The zero-order valence-corrected chi connectivity index (χ0v) is 21.8. The van der Waals surface area contributed by atoms with Gasteiger partial charge in [0.25, 0.3) is 5.91 Å². The van der Waals surface area contributed by atoms with Crippen LogP contribution in [-0.2, 0) is 20.9 Å². The molecule has 186 valence electrons. The molecule has 0 aliphatic carbocycles. The number of amides is 3. The van der Waals surface area contributed by atoms with E-state index in [1.54, 1.807) is 29.2 Å². The molecule has 3 amide bonds. The summed E-state index contributed by atoms with van der Waals surface area (Å²) in [5.41, 5.74) is 4.58. The Kier molecular flexibility index (Phi) is 8.05. The number of benzene rings is 3. The first-order valence-electron chi connectivity index (χ1n) is 11.7. The van der Waals surface area contributed by atoms with E-state index >= 15 is 0 Å². The maximum Gasteiger partial charge on any atom is 0.262 e. The molecular weight excluding hydrogens is 522 g/mol. The van der Waals surface area contributed by atoms with Crippen LogP contribution in [0.3, 0.4) is 0 Å². The van der Waals surface area contributed by atoms with Gasteiger partial charge in [-0.2, -0.15) is 0 Å². The highest BCUT2D eigenvalue weighted by atomic mass is 79.9. The van der Waals surface area contributed by atoms with Crippen molar-refractivity contribution in [2.45, 2.75) is 26.8 Å². The molecule has 4 rings (SSSR count). The van der Waals surface area contributed by atoms with E-state index in [2.05, 4.69) is 26.6 Å². The van der Waals surface area contributed by atoms with Crippen LogP contribution < -0.4 is 20.3 Å². The summed E-state index contributed by atoms with van der Waals surface area (Å²) in [6.07, 6.45) is 0.174. The Labute approximate surface area is 219 Å². The number of halogens is 1. The third-order valence-electron chi connectivity index (χ3n) is 6.17. The lowest BCUT2D eigenvalue weighted by Crippen LogP contribution is -2.32. The predicted octanol–water partition coefficient (Wildman–Crippen LogP) is 4.75. The molecule has 0 aromatic heterocycles. The number of hydrogen-bond acceptors (Lipinski definition) is 4. The summed E-state index contributed by atoms with van der Waals surface area (Å²) < 4.78 is 6.57. The lowest BCUT2D eigenvalue weighted by Gasteiger charge is -2.17. The Hall–Kier alpha value is -3.65. The van der Waals surface area contributed by atoms with Gasteiger partial charge in [-0.25, -0.2) is 0 Å². The number of nitrogens with zero attached hydrogens (tertiary/aromatic N) is 1. The van der Waals surface area contributed by atoms with Crippen molar-refractivity contribution in [2.75, 3.05) is 23.4 Å². The second-order valence-corrected chi connectivity index (χ2v) is 9.70. The molecule has 1 atom stereocenters. The Morgan fingerprint density at radius 1 is 1.03 bits per heavy atom. The van der Waals surface area contributed by atoms with Gasteiger partial charge in [-0.1, -0.05) is 40.2 Å². The van der Waals surface area contributed by atoms with Crippen LogP contribution in [0.25, 0.3) is 0 Å². The molecule has 1 heterocycles. The van der Waals surface area contributed by atoms with Gasteiger partial charge in [-0.15, -0.1) is 0 Å². The summed E-state index contributed by atoms with van der Waals surface area (Å²) in [4.78, 5) is 39.1. The molecule has 0 radical (unpaired) electrons. The van der Waals surface area contributed by atoms with E-state index in [-0.39, 0.29) is 30.7 Å². The van der Waals surface area contributed by atoms with E-state index in [1.807, 2.05) is 56.3 Å². The number of carbonyl (C=O) groups is 3. The molecule has 7 nitrogen and oxygen atoms in total. The highest BCUT2D eigenvalue weighted by molar-refractivity contribution is 9.10. The molecule has 0 spiro atoms. The average molecular weight is 550 g/mol. The number of anilines is 2. The molecule has 0 bridgehead atoms. The lowest BCUT2D eigenvalue weighted by atomic mass is 10.1. The standard InChI is InChI=1S/C28H28BrN3O4/c1-18-5-3-4-6-20(18)15-30-28(35)21-14-27(34)32(16-21)23-8-10-24(11-9-23)36-17-26(33)31-22-7-12-25(29)19(2)13-22/h3-13,21H,14-17H2,1-2H3,(H,30,35)(H,31,33)/t21-/m1/s1. The molecule has 3 aromatic carbocycles. The number of carbonyl (C=O) groups excluding carboxylic acids is 3. The molecule has 3 aromatic rings. The zero-order chi connectivity index (χ0) is 25.7. The van der Waals surface area contributed by atoms with Crippen molar-refractivity contribution >= 4 is 45.0 Å². The molecular formula is C28H28BrN3O4. The van der Waals surface area contributed by atoms with Gasteiger partial charge in [0.15, 0.2) is 6.61 Å². The Balaban J connectivity index is 1.27. The van der Waals surface area contributed by atoms with E-state index in [1.165, 1.54) is 0 Å². The van der Waals surface area contributed by atoms with Crippen LogP contribution in [0.2, 0.25) is 0 Å². The minimum atomic E-state index is -0.400. The molecule has 0 saturated carbocycles. The van der Waals surface area contributed by atoms with Crippen molar-refractivity contribution < 1.29 is 19.1 Å². The molecule has 1 aliphatic rings. The monoisotopic (exact) mass is 549 g/mol. The SMILES string of the molecule is Cc1cc(NC(=O)COc2ccc(N3C[C@H](C(=O)NCc4ccccc4C)CC3=O)cc2)ccc1Br. The van der Waals surface area contributed by atoms with Crippen LogP contribution in [0.5, 0.6) is 5.75 Å². The zero-order valence-electron chi connectivity index (χ0n) is 20.2. The van der Waals surface area contributed by atoms with E-state index < -0.39 is 5.92 Å². The smallest absolute Gasteiger partial charge is 0.262 e. The fourth-order valence-corrected chi connectivity index (χ4v) is 4.31. The highest BCUT2D eigenvalue weighted by Gasteiger charge is 2.35. The summed E-state index contributed by atoms with van der Waals surface area (Å²) in [6, 6.07) is 20.4. The molecule has 1 fully saturated rings. The number of ether oxygens (including phenoxy) is 1. The Morgan fingerprint density at radius 3 is 2.50 bits per heavy atom. The van der Waals surface area contributed by atoms with Crippen LogP contribution in [0.1, 0.15) is 23.1 Å². The van der Waals surface area contributed by atoms with Crippen LogP contribution in [-0.4, -0.2) is 30.9 Å². The van der Waals surface area contributed by atoms with Gasteiger partial charge in [0, 0.05) is 35.4 Å². The fourth-order valence-electron chi connectivity index (χ4n) is 4.06. The lowest BCUT2D eigenvalue weighted by molar-refractivity contribution is -0.126. The van der Waals surface area contributed by atoms with Crippen molar-refractivity contribution in [3.8, 4) is 5.75 Å². The normalized spacial score (nSPS) is 15.0. The quantitative estimate of drug-likeness (QED) is 0.424. The number of aryl methyl sites for hydroxylation is 2. The third-order valence-corrected chi connectivity index (χ3v) is 7.06. The summed E-state index contributed by atoms with van der Waals surface area (Å²) in [5.74, 6) is -0.372. The number of rotatable bonds is 8. The molecule has 8 heteroatoms. The van der Waals surface area contributed by atoms with Gasteiger partial charge in [-0.3, -0.25) is 14.4 Å². The third kappa shape index (κ3) is 6.31. The van der Waals surface area contributed by atoms with Crippen molar-refractivity contribution in [1.82, 2.24) is 5.32 Å². The maximum absolute atomic E-state index is 12.7. The van der Waals surface area contributed by atoms with Gasteiger partial charge < -0.3 is 20.3 Å².